The molecule has 3 aromatic heterocycles. The average molecular weight is 809 g/mol. The number of aromatic nitrogens is 1. The molecule has 13 aromatic rings. The second-order valence-electron chi connectivity index (χ2n) is 16.0. The van der Waals surface area contributed by atoms with Gasteiger partial charge in [-0.05, 0) is 113 Å². The highest BCUT2D eigenvalue weighted by Gasteiger charge is 2.22. The molecule has 0 N–H and O–H groups in total. The molecule has 0 atom stereocenters. The van der Waals surface area contributed by atoms with Gasteiger partial charge in [-0.1, -0.05) is 133 Å². The fourth-order valence-electron chi connectivity index (χ4n) is 9.78. The van der Waals surface area contributed by atoms with Crippen molar-refractivity contribution in [2.24, 2.45) is 0 Å². The molecular weight excluding hydrogens is 773 g/mol. The van der Waals surface area contributed by atoms with Gasteiger partial charge in [-0.3, -0.25) is 0 Å². The van der Waals surface area contributed by atoms with E-state index in [1.54, 1.807) is 0 Å². The van der Waals surface area contributed by atoms with Gasteiger partial charge >= 0.3 is 0 Å². The first-order valence-electron chi connectivity index (χ1n) is 21.1. The lowest BCUT2D eigenvalue weighted by Gasteiger charge is -2.27. The Hall–Kier alpha value is -7.92. The summed E-state index contributed by atoms with van der Waals surface area (Å²) in [6, 6.07) is 79.2. The Morgan fingerprint density at radius 2 is 1.13 bits per heavy atom. The molecule has 0 fully saturated rings. The first-order valence-corrected chi connectivity index (χ1v) is 21.9. The van der Waals surface area contributed by atoms with E-state index in [9.17, 15) is 0 Å². The van der Waals surface area contributed by atoms with Crippen LogP contribution in [0.1, 0.15) is 0 Å². The quantitative estimate of drug-likeness (QED) is 0.167. The van der Waals surface area contributed by atoms with E-state index in [0.29, 0.717) is 0 Å². The van der Waals surface area contributed by atoms with Gasteiger partial charge in [0, 0.05) is 58.8 Å². The van der Waals surface area contributed by atoms with Gasteiger partial charge in [0.1, 0.15) is 11.2 Å². The minimum Gasteiger partial charge on any atom is -0.455 e. The zero-order chi connectivity index (χ0) is 40.7. The molecule has 0 unspecified atom stereocenters. The van der Waals surface area contributed by atoms with Crippen LogP contribution in [-0.4, -0.2) is 4.57 Å². The number of para-hydroxylation sites is 2. The molecule has 0 saturated heterocycles. The standard InChI is InChI=1S/C58H36N2OS/c1-2-15-41(16-3-1)60-50-22-8-6-20-47(50)56-44(21-11-23-51(56)60)40-14-10-17-43(35-40)59(52-24-12-25-53-57(52)48-33-29-38-13-4-5-18-45(38)58(48)61-53)42-31-27-37(28-32-42)39-30-34-55-49(36-39)46-19-7-9-26-54(46)62-55/h1-36H. The molecule has 0 spiro atoms. The van der Waals surface area contributed by atoms with Crippen molar-refractivity contribution in [3.05, 3.63) is 218 Å². The molecular formula is C58H36N2OS. The molecule has 4 heteroatoms. The van der Waals surface area contributed by atoms with Gasteiger partial charge in [0.05, 0.1) is 22.1 Å². The van der Waals surface area contributed by atoms with E-state index < -0.39 is 0 Å². The van der Waals surface area contributed by atoms with Crippen LogP contribution in [0.15, 0.2) is 223 Å². The fraction of sp³-hybridized carbons (Fsp3) is 0. The van der Waals surface area contributed by atoms with Crippen molar-refractivity contribution in [3.63, 3.8) is 0 Å². The van der Waals surface area contributed by atoms with Crippen LogP contribution in [0.2, 0.25) is 0 Å². The third-order valence-corrected chi connectivity index (χ3v) is 13.7. The summed E-state index contributed by atoms with van der Waals surface area (Å²) in [5.41, 5.74) is 13.2. The van der Waals surface area contributed by atoms with Crippen LogP contribution in [-0.2, 0) is 0 Å². The number of fused-ring (bicyclic) bond motifs is 11. The lowest BCUT2D eigenvalue weighted by Crippen LogP contribution is -2.10. The Kier molecular flexibility index (Phi) is 7.78. The fourth-order valence-corrected chi connectivity index (χ4v) is 10.9. The van der Waals surface area contributed by atoms with Crippen molar-refractivity contribution >= 4 is 103 Å². The van der Waals surface area contributed by atoms with Crippen molar-refractivity contribution in [2.75, 3.05) is 4.90 Å². The van der Waals surface area contributed by atoms with Crippen LogP contribution in [0.4, 0.5) is 17.1 Å². The van der Waals surface area contributed by atoms with E-state index >= 15 is 0 Å². The van der Waals surface area contributed by atoms with Crippen molar-refractivity contribution in [2.45, 2.75) is 0 Å². The molecule has 0 bridgehead atoms. The molecule has 13 rings (SSSR count). The number of rotatable bonds is 6. The molecule has 62 heavy (non-hydrogen) atoms. The van der Waals surface area contributed by atoms with Gasteiger partial charge in [-0.15, -0.1) is 11.3 Å². The zero-order valence-electron chi connectivity index (χ0n) is 33.5. The molecule has 10 aromatic carbocycles. The summed E-state index contributed by atoms with van der Waals surface area (Å²) in [6.45, 7) is 0. The molecule has 0 saturated carbocycles. The minimum atomic E-state index is 0.862. The van der Waals surface area contributed by atoms with Gasteiger partial charge in [0.15, 0.2) is 0 Å². The van der Waals surface area contributed by atoms with Gasteiger partial charge < -0.3 is 13.9 Å². The maximum absolute atomic E-state index is 6.76. The number of anilines is 3. The first kappa shape index (κ1) is 34.9. The van der Waals surface area contributed by atoms with Crippen molar-refractivity contribution in [1.82, 2.24) is 4.57 Å². The Morgan fingerprint density at radius 3 is 2.03 bits per heavy atom. The SMILES string of the molecule is c1ccc(-n2c3ccccc3c3c(-c4cccc(N(c5ccc(-c6ccc7sc8ccccc8c7c6)cc5)c5cccc6oc7c8ccccc8ccc7c56)c4)cccc32)cc1. The van der Waals surface area contributed by atoms with Gasteiger partial charge in [-0.25, -0.2) is 0 Å². The number of hydrogen-bond acceptors (Lipinski definition) is 3. The normalized spacial score (nSPS) is 11.9. The Bertz CT molecular complexity index is 3870. The summed E-state index contributed by atoms with van der Waals surface area (Å²) in [7, 11) is 0. The van der Waals surface area contributed by atoms with Crippen molar-refractivity contribution < 1.29 is 4.42 Å². The first-order chi connectivity index (χ1) is 30.7. The topological polar surface area (TPSA) is 21.3 Å². The number of hydrogen-bond donors (Lipinski definition) is 0. The van der Waals surface area contributed by atoms with E-state index in [-0.39, 0.29) is 0 Å². The second-order valence-corrected chi connectivity index (χ2v) is 17.1. The maximum Gasteiger partial charge on any atom is 0.143 e. The Balaban J connectivity index is 1.01. The smallest absolute Gasteiger partial charge is 0.143 e. The Labute approximate surface area is 361 Å². The maximum atomic E-state index is 6.76. The summed E-state index contributed by atoms with van der Waals surface area (Å²) in [5, 5.41) is 9.55. The third kappa shape index (κ3) is 5.37. The summed E-state index contributed by atoms with van der Waals surface area (Å²) in [4.78, 5) is 2.41. The highest BCUT2D eigenvalue weighted by atomic mass is 32.1. The van der Waals surface area contributed by atoms with Crippen molar-refractivity contribution in [1.29, 1.82) is 0 Å². The summed E-state index contributed by atoms with van der Waals surface area (Å²) < 4.78 is 11.8. The summed E-state index contributed by atoms with van der Waals surface area (Å²) >= 11 is 1.85. The molecule has 0 amide bonds. The molecule has 0 aliphatic heterocycles. The zero-order valence-corrected chi connectivity index (χ0v) is 34.3. The largest absolute Gasteiger partial charge is 0.455 e. The van der Waals surface area contributed by atoms with E-state index in [1.807, 2.05) is 11.3 Å². The Morgan fingerprint density at radius 1 is 0.403 bits per heavy atom. The predicted molar refractivity (Wildman–Crippen MR) is 264 cm³/mol. The van der Waals surface area contributed by atoms with Crippen LogP contribution in [0.25, 0.3) is 103 Å². The van der Waals surface area contributed by atoms with Gasteiger partial charge in [0.25, 0.3) is 0 Å². The molecule has 3 nitrogen and oxygen atoms in total. The van der Waals surface area contributed by atoms with Crippen LogP contribution in [0.5, 0.6) is 0 Å². The van der Waals surface area contributed by atoms with E-state index in [0.717, 1.165) is 61.0 Å². The van der Waals surface area contributed by atoms with Crippen LogP contribution >= 0.6 is 11.3 Å². The molecule has 0 radical (unpaired) electrons. The van der Waals surface area contributed by atoms with Crippen LogP contribution in [0, 0.1) is 0 Å². The lowest BCUT2D eigenvalue weighted by atomic mass is 9.98. The lowest BCUT2D eigenvalue weighted by molar-refractivity contribution is 0.672. The minimum absolute atomic E-state index is 0.862. The summed E-state index contributed by atoms with van der Waals surface area (Å²) in [6.07, 6.45) is 0. The molecule has 0 aliphatic carbocycles. The molecule has 3 heterocycles. The highest BCUT2D eigenvalue weighted by Crippen LogP contribution is 2.46. The number of nitrogens with zero attached hydrogens (tertiary/aromatic N) is 2. The highest BCUT2D eigenvalue weighted by molar-refractivity contribution is 7.25. The molecule has 290 valence electrons. The average Bonchev–Trinajstić information content (AvgIpc) is 4.02. The summed E-state index contributed by atoms with van der Waals surface area (Å²) in [5.74, 6) is 0. The number of furan rings is 1. The molecule has 0 aliphatic rings. The predicted octanol–water partition coefficient (Wildman–Crippen LogP) is 17.0. The monoisotopic (exact) mass is 808 g/mol. The third-order valence-electron chi connectivity index (χ3n) is 12.6. The van der Waals surface area contributed by atoms with E-state index in [2.05, 4.69) is 228 Å². The van der Waals surface area contributed by atoms with Crippen molar-refractivity contribution in [3.8, 4) is 27.9 Å². The van der Waals surface area contributed by atoms with E-state index in [4.69, 9.17) is 4.42 Å². The van der Waals surface area contributed by atoms with Gasteiger partial charge in [-0.2, -0.15) is 0 Å². The van der Waals surface area contributed by atoms with Gasteiger partial charge in [0.2, 0.25) is 0 Å². The van der Waals surface area contributed by atoms with Crippen LogP contribution < -0.4 is 4.90 Å². The van der Waals surface area contributed by atoms with Crippen LogP contribution in [0.3, 0.4) is 0 Å². The second kappa shape index (κ2) is 13.8. The number of thiophene rings is 1. The van der Waals surface area contributed by atoms with E-state index in [1.165, 1.54) is 58.7 Å². The number of benzene rings is 10.